The maximum atomic E-state index is 11.5. The maximum Gasteiger partial charge on any atom is 0.314 e. The van der Waals surface area contributed by atoms with Crippen LogP contribution in [0.1, 0.15) is 19.3 Å². The molecule has 1 aliphatic rings. The fourth-order valence-corrected chi connectivity index (χ4v) is 3.16. The fraction of sp³-hybridized carbons (Fsp3) is 0.667. The van der Waals surface area contributed by atoms with Gasteiger partial charge in [0.15, 0.2) is 0 Å². The van der Waals surface area contributed by atoms with E-state index < -0.39 is 0 Å². The molecule has 0 saturated carbocycles. The van der Waals surface area contributed by atoms with Crippen molar-refractivity contribution in [3.63, 3.8) is 0 Å². The summed E-state index contributed by atoms with van der Waals surface area (Å²) < 4.78 is 2.01. The lowest BCUT2D eigenvalue weighted by Gasteiger charge is -2.11. The zero-order valence-corrected chi connectivity index (χ0v) is 11.3. The standard InChI is InChI=1S/C12H20N4OS/c17-12(15-9-11-3-1-8-18-11)14-4-2-6-16-7-5-13-10-16/h5,7,10-11H,1-4,6,8-9H2,(H2,14,15,17)/t11-/m0/s1. The molecule has 0 bridgehead atoms. The summed E-state index contributed by atoms with van der Waals surface area (Å²) in [5, 5.41) is 6.42. The van der Waals surface area contributed by atoms with Crippen molar-refractivity contribution in [2.75, 3.05) is 18.8 Å². The largest absolute Gasteiger partial charge is 0.338 e. The van der Waals surface area contributed by atoms with E-state index in [0.717, 1.165) is 19.5 Å². The smallest absolute Gasteiger partial charge is 0.314 e. The molecule has 1 aromatic rings. The number of aromatic nitrogens is 2. The van der Waals surface area contributed by atoms with E-state index >= 15 is 0 Å². The SMILES string of the molecule is O=C(NCCCn1ccnc1)NC[C@@H]1CCCS1. The van der Waals surface area contributed by atoms with Gasteiger partial charge in [0.25, 0.3) is 0 Å². The van der Waals surface area contributed by atoms with Gasteiger partial charge in [-0.05, 0) is 25.0 Å². The Morgan fingerprint density at radius 2 is 2.44 bits per heavy atom. The first-order valence-electron chi connectivity index (χ1n) is 6.43. The third kappa shape index (κ3) is 4.60. The number of aryl methyl sites for hydroxylation is 1. The molecule has 5 nitrogen and oxygen atoms in total. The first-order chi connectivity index (χ1) is 8.84. The molecular weight excluding hydrogens is 248 g/mol. The Kier molecular flexibility index (Phi) is 5.38. The highest BCUT2D eigenvalue weighted by atomic mass is 32.2. The van der Waals surface area contributed by atoms with Crippen molar-refractivity contribution in [2.24, 2.45) is 0 Å². The number of nitrogens with zero attached hydrogens (tertiary/aromatic N) is 2. The molecule has 1 aromatic heterocycles. The maximum absolute atomic E-state index is 11.5. The fourth-order valence-electron chi connectivity index (χ4n) is 1.96. The summed E-state index contributed by atoms with van der Waals surface area (Å²) in [5.74, 6) is 1.23. The van der Waals surface area contributed by atoms with Gasteiger partial charge in [0.2, 0.25) is 0 Å². The molecule has 18 heavy (non-hydrogen) atoms. The molecule has 0 aliphatic carbocycles. The third-order valence-corrected chi connectivity index (χ3v) is 4.35. The molecule has 1 saturated heterocycles. The van der Waals surface area contributed by atoms with Crippen LogP contribution in [0.3, 0.4) is 0 Å². The van der Waals surface area contributed by atoms with Gasteiger partial charge in [-0.15, -0.1) is 0 Å². The molecule has 2 heterocycles. The number of nitrogens with one attached hydrogen (secondary N) is 2. The zero-order chi connectivity index (χ0) is 12.6. The number of amides is 2. The molecule has 2 rings (SSSR count). The molecule has 0 aromatic carbocycles. The Balaban J connectivity index is 1.49. The van der Waals surface area contributed by atoms with Crippen LogP contribution in [0.4, 0.5) is 4.79 Å². The minimum Gasteiger partial charge on any atom is -0.338 e. The summed E-state index contributed by atoms with van der Waals surface area (Å²) in [6.45, 7) is 2.37. The molecule has 100 valence electrons. The van der Waals surface area contributed by atoms with Crippen LogP contribution >= 0.6 is 11.8 Å². The third-order valence-electron chi connectivity index (χ3n) is 2.95. The normalized spacial score (nSPS) is 18.8. The number of carbonyl (C=O) groups excluding carboxylic acids is 1. The van der Waals surface area contributed by atoms with Crippen LogP contribution in [-0.2, 0) is 6.54 Å². The molecule has 2 amide bonds. The molecule has 0 spiro atoms. The summed E-state index contributed by atoms with van der Waals surface area (Å²) >= 11 is 1.96. The monoisotopic (exact) mass is 268 g/mol. The van der Waals surface area contributed by atoms with Gasteiger partial charge in [-0.2, -0.15) is 11.8 Å². The summed E-state index contributed by atoms with van der Waals surface area (Å²) in [6.07, 6.45) is 8.91. The number of rotatable bonds is 6. The van der Waals surface area contributed by atoms with Gasteiger partial charge < -0.3 is 15.2 Å². The molecular formula is C12H20N4OS. The van der Waals surface area contributed by atoms with Gasteiger partial charge in [-0.3, -0.25) is 0 Å². The molecule has 2 N–H and O–H groups in total. The lowest BCUT2D eigenvalue weighted by Crippen LogP contribution is -2.39. The van der Waals surface area contributed by atoms with Crippen molar-refractivity contribution >= 4 is 17.8 Å². The number of urea groups is 1. The van der Waals surface area contributed by atoms with E-state index in [1.165, 1.54) is 18.6 Å². The lowest BCUT2D eigenvalue weighted by atomic mass is 10.2. The van der Waals surface area contributed by atoms with Gasteiger partial charge in [-0.1, -0.05) is 0 Å². The van der Waals surface area contributed by atoms with Gasteiger partial charge in [0.05, 0.1) is 6.33 Å². The summed E-state index contributed by atoms with van der Waals surface area (Å²) in [5.41, 5.74) is 0. The Morgan fingerprint density at radius 3 is 3.17 bits per heavy atom. The number of hydrogen-bond donors (Lipinski definition) is 2. The minimum atomic E-state index is -0.0480. The van der Waals surface area contributed by atoms with Crippen LogP contribution in [-0.4, -0.2) is 39.7 Å². The highest BCUT2D eigenvalue weighted by Crippen LogP contribution is 2.25. The van der Waals surface area contributed by atoms with E-state index in [2.05, 4.69) is 15.6 Å². The summed E-state index contributed by atoms with van der Waals surface area (Å²) in [7, 11) is 0. The molecule has 6 heteroatoms. The predicted molar refractivity (Wildman–Crippen MR) is 73.7 cm³/mol. The Hall–Kier alpha value is -1.17. The summed E-state index contributed by atoms with van der Waals surface area (Å²) in [6, 6.07) is -0.0480. The number of hydrogen-bond acceptors (Lipinski definition) is 3. The second-order valence-electron chi connectivity index (χ2n) is 4.43. The average molecular weight is 268 g/mol. The molecule has 0 unspecified atom stereocenters. The van der Waals surface area contributed by atoms with Crippen molar-refractivity contribution in [3.05, 3.63) is 18.7 Å². The number of imidazole rings is 1. The van der Waals surface area contributed by atoms with E-state index in [0.29, 0.717) is 11.8 Å². The lowest BCUT2D eigenvalue weighted by molar-refractivity contribution is 0.240. The van der Waals surface area contributed by atoms with Crippen LogP contribution in [0.2, 0.25) is 0 Å². The average Bonchev–Trinajstić information content (AvgIpc) is 3.04. The van der Waals surface area contributed by atoms with E-state index in [9.17, 15) is 4.79 Å². The Bertz CT molecular complexity index is 349. The first kappa shape index (κ1) is 13.3. The van der Waals surface area contributed by atoms with E-state index in [1.54, 1.807) is 12.5 Å². The van der Waals surface area contributed by atoms with Crippen LogP contribution < -0.4 is 10.6 Å². The van der Waals surface area contributed by atoms with Gasteiger partial charge in [0, 0.05) is 37.3 Å². The van der Waals surface area contributed by atoms with Gasteiger partial charge >= 0.3 is 6.03 Å². The van der Waals surface area contributed by atoms with Crippen LogP contribution in [0.25, 0.3) is 0 Å². The topological polar surface area (TPSA) is 59.0 Å². The molecule has 1 atom stereocenters. The van der Waals surface area contributed by atoms with Crippen LogP contribution in [0.15, 0.2) is 18.7 Å². The van der Waals surface area contributed by atoms with Crippen LogP contribution in [0.5, 0.6) is 0 Å². The number of carbonyl (C=O) groups is 1. The van der Waals surface area contributed by atoms with Crippen molar-refractivity contribution in [2.45, 2.75) is 31.1 Å². The van der Waals surface area contributed by atoms with Crippen molar-refractivity contribution < 1.29 is 4.79 Å². The zero-order valence-electron chi connectivity index (χ0n) is 10.5. The van der Waals surface area contributed by atoms with E-state index in [4.69, 9.17) is 0 Å². The van der Waals surface area contributed by atoms with Crippen molar-refractivity contribution in [3.8, 4) is 0 Å². The second kappa shape index (κ2) is 7.31. The van der Waals surface area contributed by atoms with Crippen molar-refractivity contribution in [1.29, 1.82) is 0 Å². The summed E-state index contributed by atoms with van der Waals surface area (Å²) in [4.78, 5) is 15.5. The highest BCUT2D eigenvalue weighted by molar-refractivity contribution is 8.00. The predicted octanol–water partition coefficient (Wildman–Crippen LogP) is 1.47. The highest BCUT2D eigenvalue weighted by Gasteiger charge is 2.15. The van der Waals surface area contributed by atoms with Gasteiger partial charge in [-0.25, -0.2) is 9.78 Å². The Labute approximate surface area is 112 Å². The quantitative estimate of drug-likeness (QED) is 0.768. The van der Waals surface area contributed by atoms with Crippen LogP contribution in [0, 0.1) is 0 Å². The number of thioether (sulfide) groups is 1. The van der Waals surface area contributed by atoms with Crippen molar-refractivity contribution in [1.82, 2.24) is 20.2 Å². The minimum absolute atomic E-state index is 0.0480. The molecule has 1 fully saturated rings. The second-order valence-corrected chi connectivity index (χ2v) is 5.83. The molecule has 1 aliphatic heterocycles. The van der Waals surface area contributed by atoms with E-state index in [1.807, 2.05) is 22.5 Å². The Morgan fingerprint density at radius 1 is 1.50 bits per heavy atom. The van der Waals surface area contributed by atoms with Gasteiger partial charge in [0.1, 0.15) is 0 Å². The first-order valence-corrected chi connectivity index (χ1v) is 7.48. The molecule has 0 radical (unpaired) electrons. The van der Waals surface area contributed by atoms with E-state index in [-0.39, 0.29) is 6.03 Å².